The molecule has 108 valence electrons. The van der Waals surface area contributed by atoms with Crippen molar-refractivity contribution < 1.29 is 4.74 Å². The number of nitrogens with one attached hydrogen (secondary N) is 1. The lowest BCUT2D eigenvalue weighted by Crippen LogP contribution is -2.13. The predicted octanol–water partition coefficient (Wildman–Crippen LogP) is 3.33. The molecule has 0 aliphatic heterocycles. The Balaban J connectivity index is 1.92. The Morgan fingerprint density at radius 2 is 1.95 bits per heavy atom. The van der Waals surface area contributed by atoms with Gasteiger partial charge in [0.15, 0.2) is 0 Å². The van der Waals surface area contributed by atoms with Crippen molar-refractivity contribution in [2.24, 2.45) is 7.05 Å². The third-order valence-electron chi connectivity index (χ3n) is 3.73. The fraction of sp³-hybridized carbons (Fsp3) is 0.412. The smallest absolute Gasteiger partial charge is 0.119 e. The van der Waals surface area contributed by atoms with Crippen LogP contribution in [0.5, 0.6) is 5.75 Å². The summed E-state index contributed by atoms with van der Waals surface area (Å²) in [6.45, 7) is 8.77. The molecule has 1 aromatic heterocycles. The fourth-order valence-electron chi connectivity index (χ4n) is 2.37. The highest BCUT2D eigenvalue weighted by atomic mass is 16.5. The molecule has 3 heteroatoms. The van der Waals surface area contributed by atoms with Gasteiger partial charge in [-0.25, -0.2) is 0 Å². The molecule has 0 aliphatic rings. The summed E-state index contributed by atoms with van der Waals surface area (Å²) in [4.78, 5) is 0. The number of hydrogen-bond donors (Lipinski definition) is 1. The number of benzene rings is 1. The predicted molar refractivity (Wildman–Crippen MR) is 83.0 cm³/mol. The first-order chi connectivity index (χ1) is 9.61. The molecule has 0 fully saturated rings. The molecule has 0 unspecified atom stereocenters. The quantitative estimate of drug-likeness (QED) is 0.873. The molecule has 0 saturated heterocycles. The van der Waals surface area contributed by atoms with Gasteiger partial charge in [0.1, 0.15) is 5.75 Å². The molecule has 0 aliphatic carbocycles. The molecule has 20 heavy (non-hydrogen) atoms. The minimum absolute atomic E-state index is 0.708. The Morgan fingerprint density at radius 3 is 2.60 bits per heavy atom. The second kappa shape index (κ2) is 6.62. The highest BCUT2D eigenvalue weighted by molar-refractivity contribution is 5.29. The first-order valence-corrected chi connectivity index (χ1v) is 7.16. The third kappa shape index (κ3) is 3.42. The van der Waals surface area contributed by atoms with E-state index in [4.69, 9.17) is 4.74 Å². The van der Waals surface area contributed by atoms with Gasteiger partial charge in [-0.05, 0) is 50.1 Å². The largest absolute Gasteiger partial charge is 0.494 e. The summed E-state index contributed by atoms with van der Waals surface area (Å²) < 4.78 is 7.75. The van der Waals surface area contributed by atoms with Crippen LogP contribution in [0.2, 0.25) is 0 Å². The molecule has 1 aromatic carbocycles. The van der Waals surface area contributed by atoms with E-state index >= 15 is 0 Å². The average molecular weight is 272 g/mol. The summed E-state index contributed by atoms with van der Waals surface area (Å²) in [5.41, 5.74) is 5.25. The van der Waals surface area contributed by atoms with E-state index < -0.39 is 0 Å². The topological polar surface area (TPSA) is 26.2 Å². The first-order valence-electron chi connectivity index (χ1n) is 7.16. The highest BCUT2D eigenvalue weighted by Gasteiger charge is 2.05. The van der Waals surface area contributed by atoms with Crippen LogP contribution in [0.3, 0.4) is 0 Å². The summed E-state index contributed by atoms with van der Waals surface area (Å²) in [6, 6.07) is 10.5. The fourth-order valence-corrected chi connectivity index (χ4v) is 2.37. The molecular formula is C17H24N2O. The van der Waals surface area contributed by atoms with Crippen LogP contribution in [0.1, 0.15) is 29.4 Å². The van der Waals surface area contributed by atoms with E-state index in [0.717, 1.165) is 18.8 Å². The van der Waals surface area contributed by atoms with Gasteiger partial charge in [-0.15, -0.1) is 0 Å². The van der Waals surface area contributed by atoms with Gasteiger partial charge in [-0.1, -0.05) is 12.1 Å². The Kier molecular flexibility index (Phi) is 4.85. The molecule has 0 atom stereocenters. The summed E-state index contributed by atoms with van der Waals surface area (Å²) in [5.74, 6) is 0.943. The Bertz CT molecular complexity index is 572. The Labute approximate surface area is 121 Å². The van der Waals surface area contributed by atoms with E-state index in [1.807, 2.05) is 19.1 Å². The van der Waals surface area contributed by atoms with E-state index in [9.17, 15) is 0 Å². The van der Waals surface area contributed by atoms with Crippen molar-refractivity contribution in [1.82, 2.24) is 9.88 Å². The van der Waals surface area contributed by atoms with Gasteiger partial charge in [-0.2, -0.15) is 0 Å². The van der Waals surface area contributed by atoms with Crippen molar-refractivity contribution in [3.63, 3.8) is 0 Å². The molecule has 0 amide bonds. The van der Waals surface area contributed by atoms with E-state index in [1.54, 1.807) is 0 Å². The number of aromatic nitrogens is 1. The third-order valence-corrected chi connectivity index (χ3v) is 3.73. The lowest BCUT2D eigenvalue weighted by molar-refractivity contribution is 0.340. The van der Waals surface area contributed by atoms with Crippen LogP contribution in [-0.2, 0) is 20.1 Å². The zero-order chi connectivity index (χ0) is 14.5. The van der Waals surface area contributed by atoms with Crippen molar-refractivity contribution in [3.05, 3.63) is 52.8 Å². The van der Waals surface area contributed by atoms with Crippen molar-refractivity contribution >= 4 is 0 Å². The minimum atomic E-state index is 0.708. The lowest BCUT2D eigenvalue weighted by Gasteiger charge is -2.08. The molecule has 0 bridgehead atoms. The van der Waals surface area contributed by atoms with Gasteiger partial charge in [0.25, 0.3) is 0 Å². The summed E-state index contributed by atoms with van der Waals surface area (Å²) in [7, 11) is 2.11. The standard InChI is InChI=1S/C17H24N2O/c1-5-20-17-8-6-7-15(10-17)11-18-12-16-9-13(2)19(4)14(16)3/h6-10,18H,5,11-12H2,1-4H3. The van der Waals surface area contributed by atoms with Crippen LogP contribution >= 0.6 is 0 Å². The van der Waals surface area contributed by atoms with Crippen LogP contribution in [0.4, 0.5) is 0 Å². The molecule has 0 spiro atoms. The second-order valence-electron chi connectivity index (χ2n) is 5.14. The highest BCUT2D eigenvalue weighted by Crippen LogP contribution is 2.15. The van der Waals surface area contributed by atoms with Gasteiger partial charge in [0, 0.05) is 31.5 Å². The van der Waals surface area contributed by atoms with Gasteiger partial charge in [0.2, 0.25) is 0 Å². The van der Waals surface area contributed by atoms with E-state index in [0.29, 0.717) is 6.61 Å². The zero-order valence-electron chi connectivity index (χ0n) is 12.9. The van der Waals surface area contributed by atoms with Crippen molar-refractivity contribution in [2.45, 2.75) is 33.9 Å². The molecular weight excluding hydrogens is 248 g/mol. The second-order valence-corrected chi connectivity index (χ2v) is 5.14. The first kappa shape index (κ1) is 14.7. The molecule has 0 radical (unpaired) electrons. The van der Waals surface area contributed by atoms with Crippen molar-refractivity contribution in [2.75, 3.05) is 6.61 Å². The number of aryl methyl sites for hydroxylation is 1. The number of hydrogen-bond acceptors (Lipinski definition) is 2. The van der Waals surface area contributed by atoms with E-state index in [-0.39, 0.29) is 0 Å². The number of nitrogens with zero attached hydrogens (tertiary/aromatic N) is 1. The Morgan fingerprint density at radius 1 is 1.15 bits per heavy atom. The van der Waals surface area contributed by atoms with Crippen molar-refractivity contribution in [1.29, 1.82) is 0 Å². The molecule has 1 N–H and O–H groups in total. The maximum atomic E-state index is 5.52. The monoisotopic (exact) mass is 272 g/mol. The average Bonchev–Trinajstić information content (AvgIpc) is 2.67. The number of rotatable bonds is 6. The van der Waals surface area contributed by atoms with Gasteiger partial charge in [0.05, 0.1) is 6.61 Å². The van der Waals surface area contributed by atoms with Crippen molar-refractivity contribution in [3.8, 4) is 5.75 Å². The van der Waals surface area contributed by atoms with Crippen LogP contribution < -0.4 is 10.1 Å². The molecule has 2 rings (SSSR count). The molecule has 0 saturated carbocycles. The number of ether oxygens (including phenoxy) is 1. The van der Waals surface area contributed by atoms with E-state index in [2.05, 4.69) is 49.0 Å². The Hall–Kier alpha value is -1.74. The minimum Gasteiger partial charge on any atom is -0.494 e. The van der Waals surface area contributed by atoms with Gasteiger partial charge < -0.3 is 14.6 Å². The summed E-state index contributed by atoms with van der Waals surface area (Å²) in [5, 5.41) is 3.50. The van der Waals surface area contributed by atoms with Crippen LogP contribution in [-0.4, -0.2) is 11.2 Å². The SMILES string of the molecule is CCOc1cccc(CNCc2cc(C)n(C)c2C)c1. The molecule has 1 heterocycles. The molecule has 2 aromatic rings. The van der Waals surface area contributed by atoms with Crippen LogP contribution in [0.15, 0.2) is 30.3 Å². The normalized spacial score (nSPS) is 10.8. The maximum absolute atomic E-state index is 5.52. The van der Waals surface area contributed by atoms with Crippen LogP contribution in [0.25, 0.3) is 0 Å². The zero-order valence-corrected chi connectivity index (χ0v) is 12.9. The van der Waals surface area contributed by atoms with Gasteiger partial charge in [-0.3, -0.25) is 0 Å². The summed E-state index contributed by atoms with van der Waals surface area (Å²) >= 11 is 0. The lowest BCUT2D eigenvalue weighted by atomic mass is 10.2. The van der Waals surface area contributed by atoms with Gasteiger partial charge >= 0.3 is 0 Å². The maximum Gasteiger partial charge on any atom is 0.119 e. The van der Waals surface area contributed by atoms with Crippen LogP contribution in [0, 0.1) is 13.8 Å². The molecule has 3 nitrogen and oxygen atoms in total. The summed E-state index contributed by atoms with van der Waals surface area (Å²) in [6.07, 6.45) is 0. The van der Waals surface area contributed by atoms with E-state index in [1.165, 1.54) is 22.5 Å².